The van der Waals surface area contributed by atoms with Crippen molar-refractivity contribution in [3.63, 3.8) is 0 Å². The van der Waals surface area contributed by atoms with Crippen molar-refractivity contribution in [2.45, 2.75) is 26.3 Å². The van der Waals surface area contributed by atoms with E-state index in [1.807, 2.05) is 57.2 Å². The zero-order chi connectivity index (χ0) is 19.8. The fourth-order valence-electron chi connectivity index (χ4n) is 2.97. The molecule has 0 atom stereocenters. The van der Waals surface area contributed by atoms with Gasteiger partial charge < -0.3 is 16.2 Å². The molecule has 4 N–H and O–H groups in total. The molecule has 1 heterocycles. The highest BCUT2D eigenvalue weighted by Crippen LogP contribution is 2.33. The van der Waals surface area contributed by atoms with Gasteiger partial charge in [-0.05, 0) is 49.7 Å². The molecule has 0 saturated heterocycles. The van der Waals surface area contributed by atoms with Crippen molar-refractivity contribution in [1.82, 2.24) is 9.78 Å². The fourth-order valence-corrected chi connectivity index (χ4v) is 2.97. The molecule has 138 valence electrons. The number of rotatable bonds is 4. The number of aromatic nitrogens is 2. The van der Waals surface area contributed by atoms with Gasteiger partial charge in [0.1, 0.15) is 29.4 Å². The Morgan fingerprint density at radius 2 is 1.89 bits per heavy atom. The van der Waals surface area contributed by atoms with Gasteiger partial charge in [0.2, 0.25) is 0 Å². The lowest BCUT2D eigenvalue weighted by molar-refractivity contribution is 0.100. The Morgan fingerprint density at radius 3 is 2.52 bits per heavy atom. The summed E-state index contributed by atoms with van der Waals surface area (Å²) in [6.07, 6.45) is 5.22. The highest BCUT2D eigenvalue weighted by Gasteiger charge is 2.26. The van der Waals surface area contributed by atoms with Crippen LogP contribution in [-0.4, -0.2) is 22.3 Å². The van der Waals surface area contributed by atoms with E-state index in [-0.39, 0.29) is 23.5 Å². The zero-order valence-corrected chi connectivity index (χ0v) is 15.6. The predicted molar refractivity (Wildman–Crippen MR) is 107 cm³/mol. The molecule has 6 heteroatoms. The van der Waals surface area contributed by atoms with Gasteiger partial charge in [0.05, 0.1) is 5.54 Å². The average molecular weight is 362 g/mol. The summed E-state index contributed by atoms with van der Waals surface area (Å²) in [4.78, 5) is 12.0. The Labute approximate surface area is 158 Å². The van der Waals surface area contributed by atoms with Gasteiger partial charge in [-0.2, -0.15) is 5.10 Å². The number of hydrogen-bond acceptors (Lipinski definition) is 4. The van der Waals surface area contributed by atoms with Crippen LogP contribution in [0.15, 0.2) is 36.4 Å². The van der Waals surface area contributed by atoms with Crippen LogP contribution in [0.2, 0.25) is 0 Å². The third kappa shape index (κ3) is 3.44. The SMILES string of the molecule is C#CCOc1ccc2cc(-c3nn(C(C)(C)C)c(N)c3C(N)=O)ccc2c1. The lowest BCUT2D eigenvalue weighted by Crippen LogP contribution is -2.25. The summed E-state index contributed by atoms with van der Waals surface area (Å²) in [5.41, 5.74) is 12.9. The topological polar surface area (TPSA) is 96.2 Å². The van der Waals surface area contributed by atoms with Crippen LogP contribution in [0, 0.1) is 12.3 Å². The highest BCUT2D eigenvalue weighted by atomic mass is 16.5. The molecule has 3 rings (SSSR count). The summed E-state index contributed by atoms with van der Waals surface area (Å²) in [7, 11) is 0. The van der Waals surface area contributed by atoms with Crippen LogP contribution in [0.4, 0.5) is 5.82 Å². The Kier molecular flexibility index (Phi) is 4.54. The minimum absolute atomic E-state index is 0.217. The number of terminal acetylenes is 1. The number of anilines is 1. The number of carbonyl (C=O) groups excluding carboxylic acids is 1. The fraction of sp³-hybridized carbons (Fsp3) is 0.238. The molecule has 0 aliphatic carbocycles. The smallest absolute Gasteiger partial charge is 0.254 e. The summed E-state index contributed by atoms with van der Waals surface area (Å²) in [6.45, 7) is 6.10. The van der Waals surface area contributed by atoms with Crippen molar-refractivity contribution in [3.8, 4) is 29.4 Å². The standard InChI is InChI=1S/C21H22N4O2/c1-5-10-27-16-9-8-13-11-15(7-6-14(13)12-16)18-17(20(23)26)19(22)25(24-18)21(2,3)4/h1,6-9,11-12H,10,22H2,2-4H3,(H2,23,26). The molecule has 1 amide bonds. The summed E-state index contributed by atoms with van der Waals surface area (Å²) in [5, 5.41) is 6.54. The van der Waals surface area contributed by atoms with Crippen LogP contribution in [0.5, 0.6) is 5.75 Å². The van der Waals surface area contributed by atoms with E-state index in [0.717, 1.165) is 16.3 Å². The third-order valence-corrected chi connectivity index (χ3v) is 4.21. The lowest BCUT2D eigenvalue weighted by Gasteiger charge is -2.20. The Bertz CT molecular complexity index is 1070. The maximum absolute atomic E-state index is 12.0. The molecule has 0 unspecified atom stereocenters. The number of benzene rings is 2. The van der Waals surface area contributed by atoms with Gasteiger partial charge >= 0.3 is 0 Å². The van der Waals surface area contributed by atoms with E-state index >= 15 is 0 Å². The van der Waals surface area contributed by atoms with Crippen LogP contribution >= 0.6 is 0 Å². The minimum Gasteiger partial charge on any atom is -0.481 e. The van der Waals surface area contributed by atoms with Crippen molar-refractivity contribution < 1.29 is 9.53 Å². The van der Waals surface area contributed by atoms with Gasteiger partial charge in [-0.15, -0.1) is 6.42 Å². The first-order valence-electron chi connectivity index (χ1n) is 8.51. The first-order valence-corrected chi connectivity index (χ1v) is 8.51. The van der Waals surface area contributed by atoms with E-state index in [1.54, 1.807) is 4.68 Å². The van der Waals surface area contributed by atoms with Crippen molar-refractivity contribution in [3.05, 3.63) is 42.0 Å². The molecule has 2 aromatic carbocycles. The monoisotopic (exact) mass is 362 g/mol. The number of nitrogen functional groups attached to an aromatic ring is 1. The highest BCUT2D eigenvalue weighted by molar-refractivity contribution is 6.04. The number of carbonyl (C=O) groups is 1. The summed E-state index contributed by atoms with van der Waals surface area (Å²) < 4.78 is 7.08. The molecule has 0 aliphatic rings. The molecule has 0 radical (unpaired) electrons. The number of nitrogens with zero attached hydrogens (tertiary/aromatic N) is 2. The third-order valence-electron chi connectivity index (χ3n) is 4.21. The first kappa shape index (κ1) is 18.3. The Morgan fingerprint density at radius 1 is 1.22 bits per heavy atom. The molecule has 1 aromatic heterocycles. The van der Waals surface area contributed by atoms with Gasteiger partial charge in [0, 0.05) is 5.56 Å². The van der Waals surface area contributed by atoms with Gasteiger partial charge in [-0.1, -0.05) is 24.1 Å². The van der Waals surface area contributed by atoms with Crippen LogP contribution in [0.25, 0.3) is 22.0 Å². The van der Waals surface area contributed by atoms with E-state index in [0.29, 0.717) is 11.4 Å². The quantitative estimate of drug-likeness (QED) is 0.697. The molecule has 0 aliphatic heterocycles. The summed E-state index contributed by atoms with van der Waals surface area (Å²) in [6, 6.07) is 11.5. The van der Waals surface area contributed by atoms with Crippen LogP contribution in [-0.2, 0) is 5.54 Å². The number of hydrogen-bond donors (Lipinski definition) is 2. The number of fused-ring (bicyclic) bond motifs is 1. The predicted octanol–water partition coefficient (Wildman–Crippen LogP) is 3.15. The summed E-state index contributed by atoms with van der Waals surface area (Å²) >= 11 is 0. The number of amides is 1. The normalized spacial score (nSPS) is 11.3. The van der Waals surface area contributed by atoms with Gasteiger partial charge in [0.25, 0.3) is 5.91 Å². The Balaban J connectivity index is 2.12. The van der Waals surface area contributed by atoms with Crippen molar-refractivity contribution in [1.29, 1.82) is 0 Å². The van der Waals surface area contributed by atoms with E-state index in [4.69, 9.17) is 22.6 Å². The maximum Gasteiger partial charge on any atom is 0.254 e. The first-order chi connectivity index (χ1) is 12.7. The van der Waals surface area contributed by atoms with Crippen molar-refractivity contribution in [2.75, 3.05) is 12.3 Å². The number of nitrogens with two attached hydrogens (primary N) is 2. The van der Waals surface area contributed by atoms with Crippen LogP contribution in [0.1, 0.15) is 31.1 Å². The largest absolute Gasteiger partial charge is 0.481 e. The average Bonchev–Trinajstić information content (AvgIpc) is 2.97. The summed E-state index contributed by atoms with van der Waals surface area (Å²) in [5.74, 6) is 2.81. The maximum atomic E-state index is 12.0. The molecule has 0 spiro atoms. The second kappa shape index (κ2) is 6.69. The van der Waals surface area contributed by atoms with Gasteiger partial charge in [0.15, 0.2) is 0 Å². The van der Waals surface area contributed by atoms with E-state index in [9.17, 15) is 4.79 Å². The van der Waals surface area contributed by atoms with E-state index in [2.05, 4.69) is 11.0 Å². The second-order valence-corrected chi connectivity index (χ2v) is 7.27. The van der Waals surface area contributed by atoms with Crippen molar-refractivity contribution >= 4 is 22.5 Å². The molecule has 3 aromatic rings. The van der Waals surface area contributed by atoms with Crippen molar-refractivity contribution in [2.24, 2.45) is 5.73 Å². The molecule has 0 fully saturated rings. The van der Waals surface area contributed by atoms with E-state index < -0.39 is 5.91 Å². The second-order valence-electron chi connectivity index (χ2n) is 7.27. The van der Waals surface area contributed by atoms with Gasteiger partial charge in [-0.3, -0.25) is 4.79 Å². The molecular formula is C21H22N4O2. The molecule has 0 bridgehead atoms. The van der Waals surface area contributed by atoms with Crippen LogP contribution < -0.4 is 16.2 Å². The molecular weight excluding hydrogens is 340 g/mol. The zero-order valence-electron chi connectivity index (χ0n) is 15.6. The number of ether oxygens (including phenoxy) is 1. The molecule has 6 nitrogen and oxygen atoms in total. The van der Waals surface area contributed by atoms with Crippen LogP contribution in [0.3, 0.4) is 0 Å². The Hall–Kier alpha value is -3.46. The minimum atomic E-state index is -0.601. The van der Waals surface area contributed by atoms with E-state index in [1.165, 1.54) is 0 Å². The number of primary amides is 1. The molecule has 0 saturated carbocycles. The van der Waals surface area contributed by atoms with Gasteiger partial charge in [-0.25, -0.2) is 4.68 Å². The molecule has 27 heavy (non-hydrogen) atoms. The lowest BCUT2D eigenvalue weighted by atomic mass is 10.0.